The van der Waals surface area contributed by atoms with Crippen LogP contribution in [0.1, 0.15) is 75.3 Å². The third-order valence-electron chi connectivity index (χ3n) is 8.86. The maximum absolute atomic E-state index is 2.31. The Balaban J connectivity index is 0.891. The predicted molar refractivity (Wildman–Crippen MR) is 179 cm³/mol. The maximum Gasteiger partial charge on any atom is 0.0488 e. The minimum Gasteiger partial charge on any atom is -0.323 e. The Hall–Kier alpha value is -4.04. The van der Waals surface area contributed by atoms with E-state index < -0.39 is 0 Å². The van der Waals surface area contributed by atoms with E-state index in [1.54, 1.807) is 0 Å². The number of pyridine rings is 2. The molecule has 2 nitrogen and oxygen atoms in total. The second-order valence-electron chi connectivity index (χ2n) is 11.8. The smallest absolute Gasteiger partial charge is 0.0488 e. The number of hydrogen-bond donors (Lipinski definition) is 0. The van der Waals surface area contributed by atoms with Crippen LogP contribution in [0.2, 0.25) is 0 Å². The van der Waals surface area contributed by atoms with Crippen molar-refractivity contribution in [2.75, 3.05) is 0 Å². The van der Waals surface area contributed by atoms with Gasteiger partial charge in [-0.1, -0.05) is 124 Å². The molecule has 2 aromatic carbocycles. The van der Waals surface area contributed by atoms with Gasteiger partial charge in [0.15, 0.2) is 0 Å². The zero-order chi connectivity index (χ0) is 28.4. The lowest BCUT2D eigenvalue weighted by Gasteiger charge is -2.07. The molecule has 0 radical (unpaired) electrons. The van der Waals surface area contributed by atoms with Crippen LogP contribution >= 0.6 is 0 Å². The summed E-state index contributed by atoms with van der Waals surface area (Å²) in [5.41, 5.74) is 11.2. The van der Waals surface area contributed by atoms with Crippen LogP contribution < -0.4 is 0 Å². The molecule has 0 aliphatic carbocycles. The highest BCUT2D eigenvalue weighted by atomic mass is 14.9. The molecule has 2 heteroatoms. The number of benzene rings is 2. The van der Waals surface area contributed by atoms with Gasteiger partial charge in [-0.3, -0.25) is 0 Å². The zero-order valence-electron chi connectivity index (χ0n) is 24.9. The quantitative estimate of drug-likeness (QED) is 0.112. The Bertz CT molecular complexity index is 1550. The van der Waals surface area contributed by atoms with Crippen molar-refractivity contribution in [2.45, 2.75) is 77.0 Å². The average molecular weight is 553 g/mol. The van der Waals surface area contributed by atoms with Crippen LogP contribution in [0.25, 0.3) is 33.3 Å². The van der Waals surface area contributed by atoms with Crippen molar-refractivity contribution in [2.24, 2.45) is 0 Å². The first-order chi connectivity index (χ1) is 20.9. The van der Waals surface area contributed by atoms with Gasteiger partial charge in [-0.2, -0.15) is 0 Å². The van der Waals surface area contributed by atoms with Crippen LogP contribution in [0, 0.1) is 0 Å². The van der Waals surface area contributed by atoms with Gasteiger partial charge in [-0.05, 0) is 72.2 Å². The highest BCUT2D eigenvalue weighted by molar-refractivity contribution is 5.77. The van der Waals surface area contributed by atoms with Crippen LogP contribution in [-0.2, 0) is 12.8 Å². The molecule has 0 atom stereocenters. The first-order valence-corrected chi connectivity index (χ1v) is 16.2. The summed E-state index contributed by atoms with van der Waals surface area (Å²) in [6, 6.07) is 34.9. The first-order valence-electron chi connectivity index (χ1n) is 16.2. The fraction of sp³-hybridized carbons (Fsp3) is 0.300. The van der Waals surface area contributed by atoms with E-state index in [-0.39, 0.29) is 0 Å². The van der Waals surface area contributed by atoms with E-state index in [0.29, 0.717) is 0 Å². The van der Waals surface area contributed by atoms with Gasteiger partial charge in [0, 0.05) is 46.9 Å². The van der Waals surface area contributed by atoms with E-state index in [9.17, 15) is 0 Å². The lowest BCUT2D eigenvalue weighted by Crippen LogP contribution is -1.90. The van der Waals surface area contributed by atoms with Gasteiger partial charge < -0.3 is 8.80 Å². The Morgan fingerprint density at radius 3 is 1.12 bits per heavy atom. The van der Waals surface area contributed by atoms with Gasteiger partial charge in [0.25, 0.3) is 0 Å². The molecule has 0 saturated heterocycles. The van der Waals surface area contributed by atoms with Crippen LogP contribution in [0.5, 0.6) is 0 Å². The largest absolute Gasteiger partial charge is 0.323 e. The van der Waals surface area contributed by atoms with E-state index in [2.05, 4.69) is 131 Å². The number of nitrogens with zero attached hydrogens (tertiary/aromatic N) is 2. The highest BCUT2D eigenvalue weighted by Gasteiger charge is 2.13. The summed E-state index contributed by atoms with van der Waals surface area (Å²) in [6.45, 7) is 0. The molecule has 0 aliphatic heterocycles. The van der Waals surface area contributed by atoms with Crippen molar-refractivity contribution in [3.05, 3.63) is 133 Å². The lowest BCUT2D eigenvalue weighted by atomic mass is 9.97. The number of rotatable bonds is 15. The van der Waals surface area contributed by atoms with Gasteiger partial charge in [-0.15, -0.1) is 0 Å². The molecule has 0 N–H and O–H groups in total. The van der Waals surface area contributed by atoms with Crippen molar-refractivity contribution < 1.29 is 0 Å². The molecule has 4 aromatic heterocycles. The third-order valence-corrected chi connectivity index (χ3v) is 8.86. The van der Waals surface area contributed by atoms with Gasteiger partial charge in [0.05, 0.1) is 0 Å². The Kier molecular flexibility index (Phi) is 9.52. The predicted octanol–water partition coefficient (Wildman–Crippen LogP) is 11.2. The molecule has 0 unspecified atom stereocenters. The van der Waals surface area contributed by atoms with E-state index >= 15 is 0 Å². The molecule has 42 heavy (non-hydrogen) atoms. The number of aryl methyl sites for hydroxylation is 2. The summed E-state index contributed by atoms with van der Waals surface area (Å²) in [6.07, 6.45) is 24.7. The third kappa shape index (κ3) is 6.71. The molecule has 0 saturated carbocycles. The normalized spacial score (nSPS) is 11.5. The molecule has 0 spiro atoms. The fourth-order valence-corrected chi connectivity index (χ4v) is 6.64. The molecule has 6 rings (SSSR count). The molecule has 0 bridgehead atoms. The molecule has 0 aliphatic rings. The second-order valence-corrected chi connectivity index (χ2v) is 11.8. The fourth-order valence-electron chi connectivity index (χ4n) is 6.64. The minimum absolute atomic E-state index is 1.16. The Morgan fingerprint density at radius 2 is 0.714 bits per heavy atom. The van der Waals surface area contributed by atoms with Crippen LogP contribution in [0.15, 0.2) is 122 Å². The van der Waals surface area contributed by atoms with Gasteiger partial charge in [0.1, 0.15) is 0 Å². The van der Waals surface area contributed by atoms with Gasteiger partial charge >= 0.3 is 0 Å². The second kappa shape index (κ2) is 14.2. The SMILES string of the molecule is c1ccc(-c2cn3ccccc3c2CCCCCCCCCCCCc2c(-c3ccccc3)cn3ccccc23)cc1. The number of hydrogen-bond acceptors (Lipinski definition) is 0. The van der Waals surface area contributed by atoms with Crippen LogP contribution in [-0.4, -0.2) is 8.80 Å². The summed E-state index contributed by atoms with van der Waals surface area (Å²) in [5.74, 6) is 0. The van der Waals surface area contributed by atoms with Crippen LogP contribution in [0.4, 0.5) is 0 Å². The standard InChI is InChI=1S/C40H44N2/c1(3-5-7-15-25-35-37(33-21-11-9-12-22-33)31-41-29-19-17-27-39(35)41)2-4-6-8-16-26-36-38(34-23-13-10-14-24-34)32-42-30-20-18-28-40(36)42/h9-14,17-24,27-32H,1-8,15-16,25-26H2. The van der Waals surface area contributed by atoms with E-state index in [1.807, 2.05) is 0 Å². The summed E-state index contributed by atoms with van der Waals surface area (Å²) in [4.78, 5) is 0. The summed E-state index contributed by atoms with van der Waals surface area (Å²) >= 11 is 0. The van der Waals surface area contributed by atoms with Crippen molar-refractivity contribution >= 4 is 11.0 Å². The van der Waals surface area contributed by atoms with E-state index in [4.69, 9.17) is 0 Å². The monoisotopic (exact) mass is 552 g/mol. The van der Waals surface area contributed by atoms with Crippen molar-refractivity contribution in [3.63, 3.8) is 0 Å². The molecule has 4 heterocycles. The van der Waals surface area contributed by atoms with Gasteiger partial charge in [0.2, 0.25) is 0 Å². The van der Waals surface area contributed by atoms with Crippen molar-refractivity contribution in [1.82, 2.24) is 8.80 Å². The molecule has 0 amide bonds. The summed E-state index contributed by atoms with van der Waals surface area (Å²) in [5, 5.41) is 0. The van der Waals surface area contributed by atoms with Crippen molar-refractivity contribution in [3.8, 4) is 22.3 Å². The maximum atomic E-state index is 2.31. The van der Waals surface area contributed by atoms with Crippen molar-refractivity contribution in [1.29, 1.82) is 0 Å². The summed E-state index contributed by atoms with van der Waals surface area (Å²) in [7, 11) is 0. The zero-order valence-corrected chi connectivity index (χ0v) is 24.9. The highest BCUT2D eigenvalue weighted by Crippen LogP contribution is 2.32. The Labute approximate surface area is 251 Å². The molecule has 0 fully saturated rings. The lowest BCUT2D eigenvalue weighted by molar-refractivity contribution is 0.552. The average Bonchev–Trinajstić information content (AvgIpc) is 3.61. The molecular formula is C40H44N2. The number of fused-ring (bicyclic) bond motifs is 2. The number of aromatic nitrogens is 2. The van der Waals surface area contributed by atoms with E-state index in [1.165, 1.54) is 109 Å². The minimum atomic E-state index is 1.16. The first kappa shape index (κ1) is 28.1. The molecular weight excluding hydrogens is 508 g/mol. The number of unbranched alkanes of at least 4 members (excludes halogenated alkanes) is 9. The summed E-state index contributed by atoms with van der Waals surface area (Å²) < 4.78 is 4.59. The molecule has 6 aromatic rings. The van der Waals surface area contributed by atoms with Crippen LogP contribution in [0.3, 0.4) is 0 Å². The Morgan fingerprint density at radius 1 is 0.357 bits per heavy atom. The molecule has 214 valence electrons. The van der Waals surface area contributed by atoms with E-state index in [0.717, 1.165) is 12.8 Å². The van der Waals surface area contributed by atoms with Gasteiger partial charge in [-0.25, -0.2) is 0 Å². The topological polar surface area (TPSA) is 8.82 Å².